The van der Waals surface area contributed by atoms with Crippen LogP contribution >= 0.6 is 22.7 Å². The lowest BCUT2D eigenvalue weighted by Crippen LogP contribution is -2.15. The molecule has 0 atom stereocenters. The number of hydrogen-bond donors (Lipinski definition) is 1. The zero-order valence-electron chi connectivity index (χ0n) is 15.5. The van der Waals surface area contributed by atoms with E-state index >= 15 is 0 Å². The van der Waals surface area contributed by atoms with Gasteiger partial charge in [0.25, 0.3) is 0 Å². The van der Waals surface area contributed by atoms with Crippen molar-refractivity contribution in [1.82, 2.24) is 9.97 Å². The normalized spacial score (nSPS) is 10.5. The minimum atomic E-state index is -0.181. The summed E-state index contributed by atoms with van der Waals surface area (Å²) >= 11 is 3.15. The van der Waals surface area contributed by atoms with Crippen LogP contribution in [0.2, 0.25) is 0 Å². The summed E-state index contributed by atoms with van der Waals surface area (Å²) in [6.45, 7) is 0. The first kappa shape index (κ1) is 19.1. The summed E-state index contributed by atoms with van der Waals surface area (Å²) in [6.07, 6.45) is 1.79. The molecule has 0 aliphatic carbocycles. The highest BCUT2D eigenvalue weighted by Gasteiger charge is 2.13. The van der Waals surface area contributed by atoms with Crippen molar-refractivity contribution in [3.05, 3.63) is 70.5 Å². The maximum Gasteiger partial charge on any atom is 0.243 e. The number of carbonyl (C=O) groups excluding carboxylic acids is 1. The van der Waals surface area contributed by atoms with E-state index in [2.05, 4.69) is 15.3 Å². The summed E-state index contributed by atoms with van der Waals surface area (Å²) in [5.74, 6) is 1.47. The number of aromatic nitrogens is 2. The molecule has 0 radical (unpaired) electrons. The molecule has 3 heterocycles. The van der Waals surface area contributed by atoms with Crippen LogP contribution < -0.4 is 14.8 Å². The van der Waals surface area contributed by atoms with E-state index in [1.54, 1.807) is 61.0 Å². The SMILES string of the molecule is COc1ccc(Oc2ncccc2NC(=O)Cc2csc(-c3ccsc3)n2)cc1. The van der Waals surface area contributed by atoms with Gasteiger partial charge in [-0.3, -0.25) is 4.79 Å². The van der Waals surface area contributed by atoms with Crippen LogP contribution in [-0.4, -0.2) is 23.0 Å². The van der Waals surface area contributed by atoms with E-state index in [0.29, 0.717) is 17.3 Å². The van der Waals surface area contributed by atoms with Crippen molar-refractivity contribution < 1.29 is 14.3 Å². The topological polar surface area (TPSA) is 73.3 Å². The Morgan fingerprint density at radius 1 is 1.10 bits per heavy atom. The summed E-state index contributed by atoms with van der Waals surface area (Å²) in [5, 5.41) is 9.74. The molecule has 146 valence electrons. The second kappa shape index (κ2) is 8.85. The molecule has 4 rings (SSSR count). The van der Waals surface area contributed by atoms with Gasteiger partial charge < -0.3 is 14.8 Å². The average molecular weight is 424 g/mol. The fourth-order valence-electron chi connectivity index (χ4n) is 2.59. The van der Waals surface area contributed by atoms with Gasteiger partial charge in [-0.05, 0) is 47.8 Å². The predicted molar refractivity (Wildman–Crippen MR) is 115 cm³/mol. The molecule has 0 bridgehead atoms. The fourth-order valence-corrected chi connectivity index (χ4v) is 4.12. The number of nitrogens with one attached hydrogen (secondary N) is 1. The number of thiazole rings is 1. The highest BCUT2D eigenvalue weighted by Crippen LogP contribution is 2.29. The third kappa shape index (κ3) is 4.79. The van der Waals surface area contributed by atoms with Crippen molar-refractivity contribution in [1.29, 1.82) is 0 Å². The van der Waals surface area contributed by atoms with Gasteiger partial charge in [-0.2, -0.15) is 11.3 Å². The molecule has 0 aliphatic heterocycles. The Morgan fingerprint density at radius 3 is 2.69 bits per heavy atom. The summed E-state index contributed by atoms with van der Waals surface area (Å²) in [7, 11) is 1.61. The Balaban J connectivity index is 1.43. The molecular formula is C21H17N3O3S2. The first-order chi connectivity index (χ1) is 14.2. The molecule has 4 aromatic rings. The maximum atomic E-state index is 12.5. The minimum Gasteiger partial charge on any atom is -0.497 e. The number of ether oxygens (including phenoxy) is 2. The number of rotatable bonds is 7. The molecule has 0 aliphatic rings. The van der Waals surface area contributed by atoms with E-state index in [1.165, 1.54) is 11.3 Å². The largest absolute Gasteiger partial charge is 0.497 e. The van der Waals surface area contributed by atoms with Crippen molar-refractivity contribution >= 4 is 34.3 Å². The van der Waals surface area contributed by atoms with Gasteiger partial charge in [0.15, 0.2) is 0 Å². The average Bonchev–Trinajstić information content (AvgIpc) is 3.42. The molecule has 0 fully saturated rings. The Kier molecular flexibility index (Phi) is 5.83. The molecular weight excluding hydrogens is 406 g/mol. The highest BCUT2D eigenvalue weighted by molar-refractivity contribution is 7.14. The molecule has 29 heavy (non-hydrogen) atoms. The van der Waals surface area contributed by atoms with Gasteiger partial charge >= 0.3 is 0 Å². The third-order valence-corrected chi connectivity index (χ3v) is 5.60. The predicted octanol–water partition coefficient (Wildman–Crippen LogP) is 5.25. The molecule has 0 saturated heterocycles. The lowest BCUT2D eigenvalue weighted by Gasteiger charge is -2.11. The van der Waals surface area contributed by atoms with Crippen LogP contribution in [0.15, 0.2) is 64.8 Å². The molecule has 8 heteroatoms. The lowest BCUT2D eigenvalue weighted by molar-refractivity contribution is -0.115. The van der Waals surface area contributed by atoms with Gasteiger partial charge in [-0.15, -0.1) is 11.3 Å². The first-order valence-corrected chi connectivity index (χ1v) is 10.6. The van der Waals surface area contributed by atoms with Crippen LogP contribution in [-0.2, 0) is 11.2 Å². The smallest absolute Gasteiger partial charge is 0.243 e. The van der Waals surface area contributed by atoms with Crippen LogP contribution in [0.25, 0.3) is 10.6 Å². The molecule has 0 saturated carbocycles. The van der Waals surface area contributed by atoms with E-state index in [9.17, 15) is 4.79 Å². The molecule has 3 aromatic heterocycles. The standard InChI is InChI=1S/C21H17N3O3S2/c1-26-16-4-6-17(7-5-16)27-20-18(3-2-9-22-20)24-19(25)11-15-13-29-21(23-15)14-8-10-28-12-14/h2-10,12-13H,11H2,1H3,(H,24,25). The van der Waals surface area contributed by atoms with Gasteiger partial charge in [0.05, 0.1) is 19.2 Å². The fraction of sp³-hybridized carbons (Fsp3) is 0.0952. The van der Waals surface area contributed by atoms with Crippen molar-refractivity contribution in [3.8, 4) is 28.0 Å². The van der Waals surface area contributed by atoms with Gasteiger partial charge in [-0.1, -0.05) is 0 Å². The van der Waals surface area contributed by atoms with Crippen LogP contribution in [0.5, 0.6) is 17.4 Å². The van der Waals surface area contributed by atoms with Crippen LogP contribution in [0.3, 0.4) is 0 Å². The number of pyridine rings is 1. The summed E-state index contributed by atoms with van der Waals surface area (Å²) in [6, 6.07) is 12.7. The Morgan fingerprint density at radius 2 is 1.93 bits per heavy atom. The van der Waals surface area contributed by atoms with Gasteiger partial charge in [0, 0.05) is 22.5 Å². The quantitative estimate of drug-likeness (QED) is 0.440. The van der Waals surface area contributed by atoms with Crippen molar-refractivity contribution in [3.63, 3.8) is 0 Å². The first-order valence-electron chi connectivity index (χ1n) is 8.75. The number of benzene rings is 1. The van der Waals surface area contributed by atoms with Gasteiger partial charge in [0.1, 0.15) is 22.2 Å². The van der Waals surface area contributed by atoms with Crippen LogP contribution in [0.1, 0.15) is 5.69 Å². The number of carbonyl (C=O) groups is 1. The molecule has 1 N–H and O–H groups in total. The zero-order chi connectivity index (χ0) is 20.1. The van der Waals surface area contributed by atoms with Crippen molar-refractivity contribution in [2.24, 2.45) is 0 Å². The Hall–Kier alpha value is -3.23. The number of thiophene rings is 1. The second-order valence-electron chi connectivity index (χ2n) is 6.01. The van der Waals surface area contributed by atoms with Gasteiger partial charge in [0.2, 0.25) is 11.8 Å². The zero-order valence-corrected chi connectivity index (χ0v) is 17.1. The van der Waals surface area contributed by atoms with Crippen LogP contribution in [0.4, 0.5) is 5.69 Å². The highest BCUT2D eigenvalue weighted by atomic mass is 32.1. The molecule has 6 nitrogen and oxygen atoms in total. The number of amides is 1. The molecule has 0 unspecified atom stereocenters. The number of nitrogens with zero attached hydrogens (tertiary/aromatic N) is 2. The van der Waals surface area contributed by atoms with Crippen molar-refractivity contribution in [2.75, 3.05) is 12.4 Å². The van der Waals surface area contributed by atoms with Crippen LogP contribution in [0, 0.1) is 0 Å². The summed E-state index contributed by atoms with van der Waals surface area (Å²) in [4.78, 5) is 21.3. The molecule has 1 amide bonds. The summed E-state index contributed by atoms with van der Waals surface area (Å²) < 4.78 is 11.0. The van der Waals surface area contributed by atoms with E-state index in [0.717, 1.165) is 22.0 Å². The lowest BCUT2D eigenvalue weighted by atomic mass is 10.3. The van der Waals surface area contributed by atoms with E-state index in [1.807, 2.05) is 22.2 Å². The van der Waals surface area contributed by atoms with E-state index in [-0.39, 0.29) is 12.3 Å². The molecule has 1 aromatic carbocycles. The molecule has 0 spiro atoms. The number of hydrogen-bond acceptors (Lipinski definition) is 7. The minimum absolute atomic E-state index is 0.178. The number of anilines is 1. The van der Waals surface area contributed by atoms with E-state index in [4.69, 9.17) is 9.47 Å². The number of methoxy groups -OCH3 is 1. The van der Waals surface area contributed by atoms with Gasteiger partial charge in [-0.25, -0.2) is 9.97 Å². The Labute approximate surface area is 175 Å². The third-order valence-electron chi connectivity index (χ3n) is 3.98. The monoisotopic (exact) mass is 423 g/mol. The van der Waals surface area contributed by atoms with E-state index < -0.39 is 0 Å². The van der Waals surface area contributed by atoms with Crippen molar-refractivity contribution in [2.45, 2.75) is 6.42 Å². The summed E-state index contributed by atoms with van der Waals surface area (Å²) in [5.41, 5.74) is 2.31. The second-order valence-corrected chi connectivity index (χ2v) is 7.65. The maximum absolute atomic E-state index is 12.5. The Bertz CT molecular complexity index is 1090.